The summed E-state index contributed by atoms with van der Waals surface area (Å²) in [7, 11) is 0. The van der Waals surface area contributed by atoms with Crippen molar-refractivity contribution in [2.75, 3.05) is 13.2 Å². The van der Waals surface area contributed by atoms with Gasteiger partial charge in [0, 0.05) is 17.9 Å². The first kappa shape index (κ1) is 19.9. The highest BCUT2D eigenvalue weighted by Gasteiger charge is 2.11. The molecule has 2 aromatic carbocycles. The van der Waals surface area contributed by atoms with Gasteiger partial charge in [0.15, 0.2) is 5.16 Å². The fourth-order valence-electron chi connectivity index (χ4n) is 2.52. The Balaban J connectivity index is 1.39. The topological polar surface area (TPSA) is 79.9 Å². The third kappa shape index (κ3) is 6.09. The fraction of sp³-hybridized carbons (Fsp3) is 0.250. The van der Waals surface area contributed by atoms with Crippen LogP contribution >= 0.6 is 11.8 Å². The zero-order valence-electron chi connectivity index (χ0n) is 15.2. The quantitative estimate of drug-likeness (QED) is 0.399. The molecule has 28 heavy (non-hydrogen) atoms. The summed E-state index contributed by atoms with van der Waals surface area (Å²) in [6.45, 7) is 1.08. The lowest BCUT2D eigenvalue weighted by Crippen LogP contribution is -2.25. The van der Waals surface area contributed by atoms with E-state index in [1.165, 1.54) is 30.2 Å². The van der Waals surface area contributed by atoms with E-state index in [-0.39, 0.29) is 11.7 Å². The monoisotopic (exact) mass is 400 g/mol. The lowest BCUT2D eigenvalue weighted by Gasteiger charge is -2.10. The van der Waals surface area contributed by atoms with E-state index in [2.05, 4.69) is 20.5 Å². The van der Waals surface area contributed by atoms with Gasteiger partial charge in [-0.15, -0.1) is 0 Å². The summed E-state index contributed by atoms with van der Waals surface area (Å²) in [6, 6.07) is 13.5. The van der Waals surface area contributed by atoms with Crippen LogP contribution in [0.1, 0.15) is 28.8 Å². The first-order valence-corrected chi connectivity index (χ1v) is 9.93. The molecule has 1 aromatic heterocycles. The minimum Gasteiger partial charge on any atom is -0.494 e. The van der Waals surface area contributed by atoms with E-state index < -0.39 is 0 Å². The van der Waals surface area contributed by atoms with E-state index in [9.17, 15) is 9.18 Å². The smallest absolute Gasteiger partial charge is 0.251 e. The second-order valence-corrected chi connectivity index (χ2v) is 6.97. The number of carbonyl (C=O) groups excluding carboxylic acids is 1. The Bertz CT molecular complexity index is 872. The highest BCUT2D eigenvalue weighted by Crippen LogP contribution is 2.21. The molecular formula is C20H21FN4O2S. The van der Waals surface area contributed by atoms with Crippen LogP contribution in [0.3, 0.4) is 0 Å². The van der Waals surface area contributed by atoms with E-state index in [0.717, 1.165) is 23.6 Å². The fourth-order valence-corrected chi connectivity index (χ4v) is 3.31. The summed E-state index contributed by atoms with van der Waals surface area (Å²) in [5.41, 5.74) is 1.61. The van der Waals surface area contributed by atoms with Gasteiger partial charge in [0.2, 0.25) is 0 Å². The molecule has 0 spiro atoms. The van der Waals surface area contributed by atoms with Crippen molar-refractivity contribution in [2.24, 2.45) is 0 Å². The largest absolute Gasteiger partial charge is 0.494 e. The zero-order chi connectivity index (χ0) is 19.6. The molecule has 0 aliphatic rings. The van der Waals surface area contributed by atoms with Crippen molar-refractivity contribution in [1.29, 1.82) is 0 Å². The second kappa shape index (κ2) is 10.5. The number of aromatic amines is 1. The Kier molecular flexibility index (Phi) is 7.43. The number of aromatic nitrogens is 3. The molecule has 3 aromatic rings. The summed E-state index contributed by atoms with van der Waals surface area (Å²) >= 11 is 1.50. The maximum Gasteiger partial charge on any atom is 0.251 e. The number of benzene rings is 2. The van der Waals surface area contributed by atoms with Gasteiger partial charge in [-0.1, -0.05) is 30.0 Å². The van der Waals surface area contributed by atoms with Crippen LogP contribution in [0.2, 0.25) is 0 Å². The van der Waals surface area contributed by atoms with Gasteiger partial charge in [0.25, 0.3) is 5.91 Å². The number of carbonyl (C=O) groups is 1. The zero-order valence-corrected chi connectivity index (χ0v) is 16.0. The average Bonchev–Trinajstić information content (AvgIpc) is 3.24. The molecule has 0 saturated heterocycles. The van der Waals surface area contributed by atoms with Crippen LogP contribution in [0, 0.1) is 5.82 Å². The van der Waals surface area contributed by atoms with Crippen molar-refractivity contribution in [3.8, 4) is 5.75 Å². The van der Waals surface area contributed by atoms with Crippen LogP contribution in [0.5, 0.6) is 5.75 Å². The molecule has 0 aliphatic carbocycles. The predicted octanol–water partition coefficient (Wildman–Crippen LogP) is 3.83. The van der Waals surface area contributed by atoms with Gasteiger partial charge in [-0.25, -0.2) is 9.37 Å². The lowest BCUT2D eigenvalue weighted by molar-refractivity contribution is 0.0951. The number of H-pyrrole nitrogens is 1. The molecule has 1 amide bonds. The maximum absolute atomic E-state index is 12.8. The van der Waals surface area contributed by atoms with Crippen LogP contribution < -0.4 is 10.1 Å². The van der Waals surface area contributed by atoms with Crippen molar-refractivity contribution in [2.45, 2.75) is 23.8 Å². The molecule has 0 radical (unpaired) electrons. The SMILES string of the molecule is O=C(NCCCCOc1ccc(F)cc1)c1ccccc1CSc1ncn[nH]1. The van der Waals surface area contributed by atoms with Crippen LogP contribution in [0.25, 0.3) is 0 Å². The highest BCUT2D eigenvalue weighted by atomic mass is 32.2. The van der Waals surface area contributed by atoms with Crippen LogP contribution in [0.4, 0.5) is 4.39 Å². The summed E-state index contributed by atoms with van der Waals surface area (Å²) in [5, 5.41) is 10.3. The Hall–Kier alpha value is -2.87. The average molecular weight is 400 g/mol. The molecule has 0 unspecified atom stereocenters. The van der Waals surface area contributed by atoms with Gasteiger partial charge in [0.05, 0.1) is 6.61 Å². The first-order valence-electron chi connectivity index (χ1n) is 8.95. The molecule has 0 atom stereocenters. The summed E-state index contributed by atoms with van der Waals surface area (Å²) in [5.74, 6) is 0.899. The molecule has 1 heterocycles. The molecule has 0 fully saturated rings. The number of amides is 1. The number of hydrogen-bond donors (Lipinski definition) is 2. The van der Waals surface area contributed by atoms with Gasteiger partial charge in [0.1, 0.15) is 17.9 Å². The molecule has 0 saturated carbocycles. The van der Waals surface area contributed by atoms with Crippen molar-refractivity contribution in [3.63, 3.8) is 0 Å². The Morgan fingerprint density at radius 2 is 1.96 bits per heavy atom. The molecule has 0 aliphatic heterocycles. The van der Waals surface area contributed by atoms with E-state index in [1.807, 2.05) is 24.3 Å². The molecule has 146 valence electrons. The first-order chi connectivity index (χ1) is 13.7. The number of nitrogens with zero attached hydrogens (tertiary/aromatic N) is 2. The van der Waals surface area contributed by atoms with Gasteiger partial charge < -0.3 is 10.1 Å². The van der Waals surface area contributed by atoms with Gasteiger partial charge in [-0.05, 0) is 48.7 Å². The highest BCUT2D eigenvalue weighted by molar-refractivity contribution is 7.98. The number of nitrogens with one attached hydrogen (secondary N) is 2. The third-order valence-electron chi connectivity index (χ3n) is 3.96. The Morgan fingerprint density at radius 1 is 1.14 bits per heavy atom. The van der Waals surface area contributed by atoms with Crippen molar-refractivity contribution >= 4 is 17.7 Å². The van der Waals surface area contributed by atoms with Crippen LogP contribution in [-0.4, -0.2) is 34.2 Å². The number of unbranched alkanes of at least 4 members (excludes halogenated alkanes) is 1. The summed E-state index contributed by atoms with van der Waals surface area (Å²) in [6.07, 6.45) is 3.04. The number of thioether (sulfide) groups is 1. The minimum absolute atomic E-state index is 0.0896. The van der Waals surface area contributed by atoms with Crippen molar-refractivity contribution in [1.82, 2.24) is 20.5 Å². The molecule has 0 bridgehead atoms. The standard InChI is InChI=1S/C20H21FN4O2S/c21-16-7-9-17(10-8-16)27-12-4-3-11-22-19(26)18-6-2-1-5-15(18)13-28-20-23-14-24-25-20/h1-2,5-10,14H,3-4,11-13H2,(H,22,26)(H,23,24,25). The van der Waals surface area contributed by atoms with Crippen molar-refractivity contribution in [3.05, 3.63) is 71.8 Å². The van der Waals surface area contributed by atoms with E-state index >= 15 is 0 Å². The molecule has 3 rings (SSSR count). The van der Waals surface area contributed by atoms with Crippen LogP contribution in [-0.2, 0) is 5.75 Å². The predicted molar refractivity (Wildman–Crippen MR) is 106 cm³/mol. The number of hydrogen-bond acceptors (Lipinski definition) is 5. The Labute approximate surface area is 166 Å². The second-order valence-electron chi connectivity index (χ2n) is 6.00. The van der Waals surface area contributed by atoms with E-state index in [4.69, 9.17) is 4.74 Å². The molecule has 8 heteroatoms. The maximum atomic E-state index is 12.8. The minimum atomic E-state index is -0.283. The number of ether oxygens (including phenoxy) is 1. The lowest BCUT2D eigenvalue weighted by atomic mass is 10.1. The van der Waals surface area contributed by atoms with Crippen molar-refractivity contribution < 1.29 is 13.9 Å². The molecular weight excluding hydrogens is 379 g/mol. The van der Waals surface area contributed by atoms with E-state index in [0.29, 0.717) is 30.2 Å². The third-order valence-corrected chi connectivity index (χ3v) is 4.88. The number of rotatable bonds is 10. The molecule has 6 nitrogen and oxygen atoms in total. The summed E-state index contributed by atoms with van der Waals surface area (Å²) < 4.78 is 18.4. The number of halogens is 1. The van der Waals surface area contributed by atoms with Gasteiger partial charge >= 0.3 is 0 Å². The Morgan fingerprint density at radius 3 is 2.75 bits per heavy atom. The van der Waals surface area contributed by atoms with Crippen LogP contribution in [0.15, 0.2) is 60.0 Å². The van der Waals surface area contributed by atoms with E-state index in [1.54, 1.807) is 12.1 Å². The summed E-state index contributed by atoms with van der Waals surface area (Å²) in [4.78, 5) is 16.6. The molecule has 2 N–H and O–H groups in total. The normalized spacial score (nSPS) is 10.6. The van der Waals surface area contributed by atoms with Gasteiger partial charge in [-0.2, -0.15) is 5.10 Å². The van der Waals surface area contributed by atoms with Gasteiger partial charge in [-0.3, -0.25) is 9.89 Å².